The third-order valence-corrected chi connectivity index (χ3v) is 2.22. The Kier molecular flexibility index (Phi) is 9.43. The van der Waals surface area contributed by atoms with Gasteiger partial charge in [-0.1, -0.05) is 23.7 Å². The molecule has 0 aliphatic heterocycles. The highest BCUT2D eigenvalue weighted by atomic mass is 35.5. The summed E-state index contributed by atoms with van der Waals surface area (Å²) in [7, 11) is 1.74. The lowest BCUT2D eigenvalue weighted by Crippen LogP contribution is -2.43. The normalized spacial score (nSPS) is 8.56. The fourth-order valence-corrected chi connectivity index (χ4v) is 1.29. The Hall–Kier alpha value is -1.17. The van der Waals surface area contributed by atoms with Gasteiger partial charge in [-0.2, -0.15) is 0 Å². The van der Waals surface area contributed by atoms with Crippen LogP contribution >= 0.6 is 36.4 Å². The van der Waals surface area contributed by atoms with Gasteiger partial charge < -0.3 is 10.6 Å². The molecule has 0 aromatic heterocycles. The van der Waals surface area contributed by atoms with Crippen LogP contribution in [0.2, 0.25) is 5.02 Å². The number of hydrogen-bond donors (Lipinski definition) is 4. The maximum absolute atomic E-state index is 7.58. The number of guanidine groups is 2. The Balaban J connectivity index is 0. The molecule has 5 N–H and O–H groups in total. The first kappa shape index (κ1) is 19.2. The summed E-state index contributed by atoms with van der Waals surface area (Å²) in [5.74, 6) is -0.157. The van der Waals surface area contributed by atoms with E-state index in [1.165, 1.54) is 0 Å². The molecular weight excluding hydrogens is 297 g/mol. The number of nitrogens with zero attached hydrogens (tertiary/aromatic N) is 1. The molecule has 0 spiro atoms. The van der Waals surface area contributed by atoms with E-state index in [4.69, 9.17) is 28.2 Å². The molecule has 0 unspecified atom stereocenters. The lowest BCUT2D eigenvalue weighted by molar-refractivity contribution is 0.484. The second kappa shape index (κ2) is 8.85. The Labute approximate surface area is 124 Å². The van der Waals surface area contributed by atoms with Gasteiger partial charge in [0.05, 0.1) is 0 Å². The third-order valence-electron chi connectivity index (χ3n) is 1.97. The summed E-state index contributed by atoms with van der Waals surface area (Å²) < 4.78 is 0. The average Bonchev–Trinajstić information content (AvgIpc) is 2.20. The van der Waals surface area contributed by atoms with Gasteiger partial charge in [-0.15, -0.1) is 24.8 Å². The number of rotatable bonds is 2. The summed E-state index contributed by atoms with van der Waals surface area (Å²) in [4.78, 5) is 1.64. The van der Waals surface area contributed by atoms with Gasteiger partial charge in [0.1, 0.15) is 0 Å². The topological polar surface area (TPSA) is 89.0 Å². The highest BCUT2D eigenvalue weighted by molar-refractivity contribution is 6.30. The van der Waals surface area contributed by atoms with E-state index in [0.717, 1.165) is 5.56 Å². The zero-order valence-electron chi connectivity index (χ0n) is 9.74. The fraction of sp³-hybridized carbons (Fsp3) is 0.200. The Morgan fingerprint density at radius 1 is 1.28 bits per heavy atom. The number of benzene rings is 1. The molecule has 5 nitrogen and oxygen atoms in total. The van der Waals surface area contributed by atoms with Crippen molar-refractivity contribution in [3.63, 3.8) is 0 Å². The van der Waals surface area contributed by atoms with Crippen LogP contribution in [0.1, 0.15) is 5.56 Å². The maximum atomic E-state index is 7.58. The van der Waals surface area contributed by atoms with E-state index in [2.05, 4.69) is 5.32 Å². The Bertz CT molecular complexity index is 393. The molecule has 8 heteroatoms. The molecule has 0 amide bonds. The van der Waals surface area contributed by atoms with Crippen molar-refractivity contribution < 1.29 is 0 Å². The van der Waals surface area contributed by atoms with Gasteiger partial charge in [0, 0.05) is 18.6 Å². The minimum Gasteiger partial charge on any atom is -0.370 e. The molecule has 0 saturated carbocycles. The van der Waals surface area contributed by atoms with Crippen LogP contribution in [0.3, 0.4) is 0 Å². The van der Waals surface area contributed by atoms with E-state index in [0.29, 0.717) is 11.6 Å². The van der Waals surface area contributed by atoms with Crippen molar-refractivity contribution in [3.05, 3.63) is 34.9 Å². The van der Waals surface area contributed by atoms with E-state index in [9.17, 15) is 0 Å². The van der Waals surface area contributed by atoms with E-state index < -0.39 is 0 Å². The van der Waals surface area contributed by atoms with Crippen molar-refractivity contribution in [2.45, 2.75) is 6.54 Å². The molecule has 0 aliphatic rings. The lowest BCUT2D eigenvalue weighted by Gasteiger charge is -2.20. The van der Waals surface area contributed by atoms with Crippen LogP contribution in [0.4, 0.5) is 0 Å². The molecule has 0 heterocycles. The molecule has 1 aromatic carbocycles. The predicted molar refractivity (Wildman–Crippen MR) is 80.2 cm³/mol. The third kappa shape index (κ3) is 6.54. The summed E-state index contributed by atoms with van der Waals surface area (Å²) in [5, 5.41) is 17.7. The molecule has 0 bridgehead atoms. The number of nitrogens with one attached hydrogen (secondary N) is 3. The van der Waals surface area contributed by atoms with Crippen molar-refractivity contribution in [3.8, 4) is 0 Å². The second-order valence-electron chi connectivity index (χ2n) is 3.37. The zero-order valence-corrected chi connectivity index (χ0v) is 12.1. The maximum Gasteiger partial charge on any atom is 0.197 e. The molecule has 0 radical (unpaired) electrons. The Morgan fingerprint density at radius 3 is 2.22 bits per heavy atom. The summed E-state index contributed by atoms with van der Waals surface area (Å²) in [6, 6.07) is 7.37. The Morgan fingerprint density at radius 2 is 1.78 bits per heavy atom. The molecule has 18 heavy (non-hydrogen) atoms. The monoisotopic (exact) mass is 311 g/mol. The fourth-order valence-electron chi connectivity index (χ4n) is 1.17. The zero-order chi connectivity index (χ0) is 12.1. The van der Waals surface area contributed by atoms with Gasteiger partial charge in [-0.3, -0.25) is 16.1 Å². The lowest BCUT2D eigenvalue weighted by atomic mass is 10.2. The molecule has 0 atom stereocenters. The van der Waals surface area contributed by atoms with Crippen LogP contribution in [0, 0.1) is 10.8 Å². The molecular formula is C10H16Cl3N5. The molecule has 0 saturated heterocycles. The van der Waals surface area contributed by atoms with E-state index in [1.807, 2.05) is 12.1 Å². The molecule has 0 fully saturated rings. The smallest absolute Gasteiger partial charge is 0.197 e. The molecule has 1 aromatic rings. The van der Waals surface area contributed by atoms with Gasteiger partial charge in [0.25, 0.3) is 0 Å². The van der Waals surface area contributed by atoms with Crippen molar-refractivity contribution in [1.29, 1.82) is 10.8 Å². The van der Waals surface area contributed by atoms with Crippen LogP contribution in [0.15, 0.2) is 24.3 Å². The van der Waals surface area contributed by atoms with Gasteiger partial charge in [0.15, 0.2) is 11.9 Å². The van der Waals surface area contributed by atoms with Crippen molar-refractivity contribution >= 4 is 48.3 Å². The van der Waals surface area contributed by atoms with Crippen molar-refractivity contribution in [1.82, 2.24) is 10.2 Å². The van der Waals surface area contributed by atoms with Gasteiger partial charge in [-0.05, 0) is 17.7 Å². The van der Waals surface area contributed by atoms with Gasteiger partial charge in [0.2, 0.25) is 0 Å². The standard InChI is InChI=1S/C10H14ClN5.2ClH/c1-16(10(14)15-9(12)13)6-7-2-4-8(11)5-3-7;;/h2-5H,6H2,1H3,(H5,12,13,14,15);2*1H. The van der Waals surface area contributed by atoms with Gasteiger partial charge >= 0.3 is 0 Å². The van der Waals surface area contributed by atoms with Crippen molar-refractivity contribution in [2.24, 2.45) is 5.73 Å². The first-order valence-electron chi connectivity index (χ1n) is 4.64. The van der Waals surface area contributed by atoms with E-state index in [1.54, 1.807) is 24.1 Å². The molecule has 1 rings (SSSR count). The predicted octanol–water partition coefficient (Wildman–Crippen LogP) is 2.03. The van der Waals surface area contributed by atoms with E-state index in [-0.39, 0.29) is 36.7 Å². The first-order valence-corrected chi connectivity index (χ1v) is 5.02. The summed E-state index contributed by atoms with van der Waals surface area (Å²) in [6.07, 6.45) is 0. The SMILES string of the molecule is CN(Cc1ccc(Cl)cc1)C(=N)NC(=N)N.Cl.Cl. The van der Waals surface area contributed by atoms with Crippen LogP contribution in [0.5, 0.6) is 0 Å². The van der Waals surface area contributed by atoms with Crippen molar-refractivity contribution in [2.75, 3.05) is 7.05 Å². The van der Waals surface area contributed by atoms with E-state index >= 15 is 0 Å². The van der Waals surface area contributed by atoms with Crippen LogP contribution in [0.25, 0.3) is 0 Å². The van der Waals surface area contributed by atoms with Crippen LogP contribution < -0.4 is 11.1 Å². The molecule has 0 aliphatic carbocycles. The average molecular weight is 313 g/mol. The highest BCUT2D eigenvalue weighted by Crippen LogP contribution is 2.10. The first-order chi connectivity index (χ1) is 7.49. The number of nitrogens with two attached hydrogens (primary N) is 1. The summed E-state index contributed by atoms with van der Waals surface area (Å²) >= 11 is 5.77. The summed E-state index contributed by atoms with van der Waals surface area (Å²) in [6.45, 7) is 0.552. The number of hydrogen-bond acceptors (Lipinski definition) is 2. The van der Waals surface area contributed by atoms with Crippen LogP contribution in [-0.4, -0.2) is 23.9 Å². The minimum atomic E-state index is -0.243. The quantitative estimate of drug-likeness (QED) is 0.497. The molecule has 102 valence electrons. The highest BCUT2D eigenvalue weighted by Gasteiger charge is 2.05. The minimum absolute atomic E-state index is 0. The number of halogens is 3. The van der Waals surface area contributed by atoms with Crippen LogP contribution in [-0.2, 0) is 6.54 Å². The largest absolute Gasteiger partial charge is 0.370 e. The summed E-state index contributed by atoms with van der Waals surface area (Å²) in [5.41, 5.74) is 6.16. The van der Waals surface area contributed by atoms with Gasteiger partial charge in [-0.25, -0.2) is 0 Å². The second-order valence-corrected chi connectivity index (χ2v) is 3.81.